The van der Waals surface area contributed by atoms with E-state index in [1.807, 2.05) is 6.07 Å². The molecule has 1 aliphatic heterocycles. The molecule has 2 aliphatic rings. The molecule has 4 heteroatoms. The van der Waals surface area contributed by atoms with Crippen molar-refractivity contribution in [1.29, 1.82) is 0 Å². The van der Waals surface area contributed by atoms with Gasteiger partial charge < -0.3 is 5.32 Å². The molecule has 0 unspecified atom stereocenters. The zero-order valence-electron chi connectivity index (χ0n) is 10.8. The van der Waals surface area contributed by atoms with Gasteiger partial charge in [-0.1, -0.05) is 30.9 Å². The van der Waals surface area contributed by atoms with Crippen LogP contribution in [0.5, 0.6) is 0 Å². The Labute approximate surface area is 118 Å². The van der Waals surface area contributed by atoms with Gasteiger partial charge in [-0.15, -0.1) is 11.3 Å². The van der Waals surface area contributed by atoms with E-state index < -0.39 is 0 Å². The fourth-order valence-corrected chi connectivity index (χ4v) is 4.56. The van der Waals surface area contributed by atoms with Crippen molar-refractivity contribution >= 4 is 22.9 Å². The Hall–Kier alpha value is -0.0900. The molecular formula is C14H21ClN2S. The molecule has 2 fully saturated rings. The Bertz CT molecular complexity index is 390. The second kappa shape index (κ2) is 5.49. The van der Waals surface area contributed by atoms with Crippen molar-refractivity contribution in [2.75, 3.05) is 19.6 Å². The van der Waals surface area contributed by atoms with Crippen LogP contribution >= 0.6 is 22.9 Å². The zero-order valence-corrected chi connectivity index (χ0v) is 12.3. The third kappa shape index (κ3) is 2.60. The first-order valence-corrected chi connectivity index (χ1v) is 8.18. The number of rotatable bonds is 2. The fourth-order valence-electron chi connectivity index (χ4n) is 3.46. The molecule has 1 saturated carbocycles. The fraction of sp³-hybridized carbons (Fsp3) is 0.714. The summed E-state index contributed by atoms with van der Waals surface area (Å²) in [6, 6.07) is 4.21. The molecule has 3 rings (SSSR count). The van der Waals surface area contributed by atoms with Crippen molar-refractivity contribution in [2.45, 2.75) is 44.2 Å². The van der Waals surface area contributed by atoms with E-state index in [9.17, 15) is 0 Å². The van der Waals surface area contributed by atoms with E-state index in [4.69, 9.17) is 11.6 Å². The van der Waals surface area contributed by atoms with Crippen LogP contribution in [0.2, 0.25) is 4.34 Å². The lowest BCUT2D eigenvalue weighted by Gasteiger charge is -2.49. The van der Waals surface area contributed by atoms with Crippen LogP contribution in [0.15, 0.2) is 12.1 Å². The summed E-state index contributed by atoms with van der Waals surface area (Å²) in [5, 5.41) is 3.60. The number of nitrogens with one attached hydrogen (secondary N) is 1. The lowest BCUT2D eigenvalue weighted by atomic mass is 9.79. The van der Waals surface area contributed by atoms with Gasteiger partial charge in [0.2, 0.25) is 0 Å². The average Bonchev–Trinajstić information content (AvgIpc) is 2.79. The van der Waals surface area contributed by atoms with E-state index >= 15 is 0 Å². The number of nitrogens with zero attached hydrogens (tertiary/aromatic N) is 1. The second-order valence-electron chi connectivity index (χ2n) is 5.59. The molecule has 2 heterocycles. The summed E-state index contributed by atoms with van der Waals surface area (Å²) in [5.74, 6) is 0. The Morgan fingerprint density at radius 3 is 2.83 bits per heavy atom. The van der Waals surface area contributed by atoms with Gasteiger partial charge in [0, 0.05) is 36.6 Å². The van der Waals surface area contributed by atoms with Crippen LogP contribution < -0.4 is 5.32 Å². The van der Waals surface area contributed by atoms with E-state index in [1.165, 1.54) is 50.1 Å². The molecule has 2 nitrogen and oxygen atoms in total. The monoisotopic (exact) mass is 284 g/mol. The minimum atomic E-state index is 0.424. The highest BCUT2D eigenvalue weighted by atomic mass is 35.5. The quantitative estimate of drug-likeness (QED) is 0.894. The maximum absolute atomic E-state index is 6.04. The van der Waals surface area contributed by atoms with Crippen LogP contribution in [-0.2, 0) is 6.54 Å². The minimum Gasteiger partial charge on any atom is -0.314 e. The van der Waals surface area contributed by atoms with Gasteiger partial charge in [0.15, 0.2) is 0 Å². The summed E-state index contributed by atoms with van der Waals surface area (Å²) in [4.78, 5) is 4.12. The van der Waals surface area contributed by atoms with Crippen molar-refractivity contribution in [3.8, 4) is 0 Å². The highest BCUT2D eigenvalue weighted by Gasteiger charge is 2.39. The molecular weight excluding hydrogens is 264 g/mol. The molecule has 1 saturated heterocycles. The van der Waals surface area contributed by atoms with Crippen molar-refractivity contribution in [3.63, 3.8) is 0 Å². The number of thiophene rings is 1. The molecule has 1 spiro atoms. The molecule has 0 bridgehead atoms. The maximum Gasteiger partial charge on any atom is 0.0931 e. The van der Waals surface area contributed by atoms with Gasteiger partial charge in [-0.3, -0.25) is 4.90 Å². The van der Waals surface area contributed by atoms with Gasteiger partial charge in [0.25, 0.3) is 0 Å². The summed E-state index contributed by atoms with van der Waals surface area (Å²) >= 11 is 7.78. The number of hydrogen-bond donors (Lipinski definition) is 1. The van der Waals surface area contributed by atoms with Crippen molar-refractivity contribution in [2.24, 2.45) is 0 Å². The predicted molar refractivity (Wildman–Crippen MR) is 78.4 cm³/mol. The Balaban J connectivity index is 1.75. The third-order valence-electron chi connectivity index (χ3n) is 4.44. The molecule has 0 amide bonds. The molecule has 1 N–H and O–H groups in total. The van der Waals surface area contributed by atoms with E-state index in [0.29, 0.717) is 5.54 Å². The summed E-state index contributed by atoms with van der Waals surface area (Å²) < 4.78 is 0.915. The summed E-state index contributed by atoms with van der Waals surface area (Å²) in [6.07, 6.45) is 6.92. The number of hydrogen-bond acceptors (Lipinski definition) is 3. The van der Waals surface area contributed by atoms with E-state index in [2.05, 4.69) is 16.3 Å². The van der Waals surface area contributed by atoms with Gasteiger partial charge in [-0.25, -0.2) is 0 Å². The first-order valence-electron chi connectivity index (χ1n) is 6.99. The number of piperazine rings is 1. The van der Waals surface area contributed by atoms with Crippen LogP contribution in [0, 0.1) is 0 Å². The molecule has 18 heavy (non-hydrogen) atoms. The molecule has 1 aromatic heterocycles. The van der Waals surface area contributed by atoms with Crippen molar-refractivity contribution in [3.05, 3.63) is 21.3 Å². The largest absolute Gasteiger partial charge is 0.314 e. The van der Waals surface area contributed by atoms with E-state index in [0.717, 1.165) is 17.4 Å². The lowest BCUT2D eigenvalue weighted by molar-refractivity contribution is 0.0217. The topological polar surface area (TPSA) is 15.3 Å². The van der Waals surface area contributed by atoms with Gasteiger partial charge >= 0.3 is 0 Å². The molecule has 0 radical (unpaired) electrons. The maximum atomic E-state index is 6.04. The van der Waals surface area contributed by atoms with Gasteiger partial charge in [-0.2, -0.15) is 0 Å². The molecule has 0 atom stereocenters. The highest BCUT2D eigenvalue weighted by molar-refractivity contribution is 7.16. The van der Waals surface area contributed by atoms with Gasteiger partial charge in [0.05, 0.1) is 4.34 Å². The molecule has 0 aromatic carbocycles. The lowest BCUT2D eigenvalue weighted by Crippen LogP contribution is -2.61. The molecule has 1 aliphatic carbocycles. The Morgan fingerprint density at radius 2 is 2.11 bits per heavy atom. The minimum absolute atomic E-state index is 0.424. The first kappa shape index (κ1) is 12.9. The van der Waals surface area contributed by atoms with E-state index in [1.54, 1.807) is 11.3 Å². The van der Waals surface area contributed by atoms with E-state index in [-0.39, 0.29) is 0 Å². The second-order valence-corrected chi connectivity index (χ2v) is 7.39. The summed E-state index contributed by atoms with van der Waals surface area (Å²) in [6.45, 7) is 4.56. The molecule has 1 aromatic rings. The normalized spacial score (nSPS) is 24.5. The van der Waals surface area contributed by atoms with Crippen LogP contribution in [-0.4, -0.2) is 30.1 Å². The zero-order chi connectivity index (χ0) is 12.4. The molecule has 100 valence electrons. The van der Waals surface area contributed by atoms with Crippen LogP contribution in [0.1, 0.15) is 37.0 Å². The number of halogens is 1. The van der Waals surface area contributed by atoms with Crippen LogP contribution in [0.4, 0.5) is 0 Å². The van der Waals surface area contributed by atoms with Gasteiger partial charge in [0.1, 0.15) is 0 Å². The Kier molecular flexibility index (Phi) is 3.94. The predicted octanol–water partition coefficient (Wildman–Crippen LogP) is 3.51. The van der Waals surface area contributed by atoms with Crippen molar-refractivity contribution < 1.29 is 0 Å². The third-order valence-corrected chi connectivity index (χ3v) is 5.66. The first-order chi connectivity index (χ1) is 8.78. The van der Waals surface area contributed by atoms with Gasteiger partial charge in [-0.05, 0) is 25.0 Å². The summed E-state index contributed by atoms with van der Waals surface area (Å²) in [5.41, 5.74) is 0.424. The smallest absolute Gasteiger partial charge is 0.0931 e. The SMILES string of the molecule is Clc1ccc(CN2CCNCC23CCCCC3)s1. The van der Waals surface area contributed by atoms with Crippen LogP contribution in [0.25, 0.3) is 0 Å². The highest BCUT2D eigenvalue weighted by Crippen LogP contribution is 2.36. The average molecular weight is 285 g/mol. The standard InChI is InChI=1S/C14H21ClN2S/c15-13-5-4-12(18-13)10-17-9-8-16-11-14(17)6-2-1-3-7-14/h4-5,16H,1-3,6-11H2. The van der Waals surface area contributed by atoms with Crippen LogP contribution in [0.3, 0.4) is 0 Å². The Morgan fingerprint density at radius 1 is 1.28 bits per heavy atom. The van der Waals surface area contributed by atoms with Crippen molar-refractivity contribution in [1.82, 2.24) is 10.2 Å². The summed E-state index contributed by atoms with van der Waals surface area (Å²) in [7, 11) is 0.